The second-order valence-electron chi connectivity index (χ2n) is 2.41. The van der Waals surface area contributed by atoms with Crippen molar-refractivity contribution in [3.63, 3.8) is 0 Å². The maximum atomic E-state index is 13.0. The topological polar surface area (TPSA) is 61.1 Å². The van der Waals surface area contributed by atoms with Crippen molar-refractivity contribution in [2.75, 3.05) is 5.75 Å². The number of nitriles is 1. The third-order valence-electron chi connectivity index (χ3n) is 1.44. The van der Waals surface area contributed by atoms with Gasteiger partial charge in [0, 0.05) is 4.90 Å². The van der Waals surface area contributed by atoms with Crippen molar-refractivity contribution in [3.8, 4) is 6.07 Å². The van der Waals surface area contributed by atoms with Crippen molar-refractivity contribution in [1.82, 2.24) is 0 Å². The number of thioether (sulfide) groups is 1. The lowest BCUT2D eigenvalue weighted by Crippen LogP contribution is -1.98. The molecule has 0 radical (unpaired) electrons. The van der Waals surface area contributed by atoms with Crippen LogP contribution in [0.2, 0.25) is 0 Å². The second-order valence-corrected chi connectivity index (χ2v) is 3.42. The molecule has 5 heteroatoms. The summed E-state index contributed by atoms with van der Waals surface area (Å²) in [6.45, 7) is 0. The van der Waals surface area contributed by atoms with Gasteiger partial charge in [0.25, 0.3) is 0 Å². The van der Waals surface area contributed by atoms with Crippen molar-refractivity contribution in [2.45, 2.75) is 4.90 Å². The van der Waals surface area contributed by atoms with Crippen molar-refractivity contribution in [3.05, 3.63) is 29.6 Å². The first kappa shape index (κ1) is 10.5. The highest BCUT2D eigenvalue weighted by molar-refractivity contribution is 8.00. The van der Waals surface area contributed by atoms with Gasteiger partial charge in [-0.1, -0.05) is 6.07 Å². The Morgan fingerprint density at radius 1 is 1.64 bits per heavy atom. The zero-order chi connectivity index (χ0) is 10.6. The Morgan fingerprint density at radius 3 is 2.93 bits per heavy atom. The molecule has 0 fully saturated rings. The summed E-state index contributed by atoms with van der Waals surface area (Å²) in [5, 5.41) is 17.0. The predicted molar refractivity (Wildman–Crippen MR) is 49.5 cm³/mol. The molecule has 0 unspecified atom stereocenters. The molecule has 0 atom stereocenters. The van der Waals surface area contributed by atoms with Gasteiger partial charge in [-0.2, -0.15) is 5.26 Å². The number of hydrogen-bond donors (Lipinski definition) is 1. The van der Waals surface area contributed by atoms with Gasteiger partial charge in [0.2, 0.25) is 0 Å². The maximum absolute atomic E-state index is 13.0. The molecule has 72 valence electrons. The van der Waals surface area contributed by atoms with Crippen LogP contribution in [0.3, 0.4) is 0 Å². The van der Waals surface area contributed by atoms with E-state index in [0.29, 0.717) is 4.90 Å². The normalized spacial score (nSPS) is 9.43. The van der Waals surface area contributed by atoms with Crippen LogP contribution in [-0.2, 0) is 4.79 Å². The van der Waals surface area contributed by atoms with Gasteiger partial charge in [-0.25, -0.2) is 4.39 Å². The monoisotopic (exact) mass is 211 g/mol. The van der Waals surface area contributed by atoms with E-state index in [2.05, 4.69) is 0 Å². The quantitative estimate of drug-likeness (QED) is 0.775. The number of nitrogens with zero attached hydrogens (tertiary/aromatic N) is 1. The van der Waals surface area contributed by atoms with Crippen LogP contribution in [0.5, 0.6) is 0 Å². The fraction of sp³-hybridized carbons (Fsp3) is 0.111. The van der Waals surface area contributed by atoms with Crippen molar-refractivity contribution in [2.24, 2.45) is 0 Å². The van der Waals surface area contributed by atoms with E-state index in [9.17, 15) is 9.18 Å². The average molecular weight is 211 g/mol. The van der Waals surface area contributed by atoms with E-state index in [4.69, 9.17) is 10.4 Å². The molecule has 0 spiro atoms. The summed E-state index contributed by atoms with van der Waals surface area (Å²) in [6, 6.07) is 5.84. The number of rotatable bonds is 3. The zero-order valence-corrected chi connectivity index (χ0v) is 7.84. The fourth-order valence-electron chi connectivity index (χ4n) is 0.873. The SMILES string of the molecule is N#Cc1c(F)cccc1SCC(=O)O. The Hall–Kier alpha value is -1.54. The Kier molecular flexibility index (Phi) is 3.48. The third-order valence-corrected chi connectivity index (χ3v) is 2.48. The zero-order valence-electron chi connectivity index (χ0n) is 7.03. The van der Waals surface area contributed by atoms with Crippen LogP contribution in [0.4, 0.5) is 4.39 Å². The second kappa shape index (κ2) is 4.63. The van der Waals surface area contributed by atoms with Crippen LogP contribution in [0.25, 0.3) is 0 Å². The molecule has 1 N–H and O–H groups in total. The molecule has 14 heavy (non-hydrogen) atoms. The van der Waals surface area contributed by atoms with E-state index in [-0.39, 0.29) is 11.3 Å². The summed E-state index contributed by atoms with van der Waals surface area (Å²) in [6.07, 6.45) is 0. The van der Waals surface area contributed by atoms with Crippen molar-refractivity contribution >= 4 is 17.7 Å². The number of carboxylic acid groups (broad SMARTS) is 1. The third kappa shape index (κ3) is 2.47. The van der Waals surface area contributed by atoms with Gasteiger partial charge >= 0.3 is 5.97 Å². The van der Waals surface area contributed by atoms with Gasteiger partial charge in [-0.3, -0.25) is 4.79 Å². The van der Waals surface area contributed by atoms with Gasteiger partial charge in [0.05, 0.1) is 5.75 Å². The molecule has 0 aliphatic rings. The average Bonchev–Trinajstić information content (AvgIpc) is 2.14. The van der Waals surface area contributed by atoms with Crippen molar-refractivity contribution in [1.29, 1.82) is 5.26 Å². The number of hydrogen-bond acceptors (Lipinski definition) is 3. The molecule has 0 aromatic heterocycles. The minimum Gasteiger partial charge on any atom is -0.481 e. The van der Waals surface area contributed by atoms with Crippen LogP contribution < -0.4 is 0 Å². The summed E-state index contributed by atoms with van der Waals surface area (Å²) in [7, 11) is 0. The Morgan fingerprint density at radius 2 is 2.36 bits per heavy atom. The highest BCUT2D eigenvalue weighted by atomic mass is 32.2. The van der Waals surface area contributed by atoms with E-state index in [1.807, 2.05) is 0 Å². The van der Waals surface area contributed by atoms with E-state index in [1.54, 1.807) is 6.07 Å². The lowest BCUT2D eigenvalue weighted by molar-refractivity contribution is -0.133. The highest BCUT2D eigenvalue weighted by Gasteiger charge is 2.09. The maximum Gasteiger partial charge on any atom is 0.313 e. The smallest absolute Gasteiger partial charge is 0.313 e. The fourth-order valence-corrected chi connectivity index (χ4v) is 1.61. The molecule has 1 aromatic rings. The highest BCUT2D eigenvalue weighted by Crippen LogP contribution is 2.23. The van der Waals surface area contributed by atoms with Crippen LogP contribution >= 0.6 is 11.8 Å². The molecule has 0 bridgehead atoms. The van der Waals surface area contributed by atoms with Crippen LogP contribution in [0.1, 0.15) is 5.56 Å². The van der Waals surface area contributed by atoms with Crippen LogP contribution in [-0.4, -0.2) is 16.8 Å². The summed E-state index contributed by atoms with van der Waals surface area (Å²) < 4.78 is 13.0. The molecule has 1 aromatic carbocycles. The molecule has 0 saturated heterocycles. The van der Waals surface area contributed by atoms with Crippen molar-refractivity contribution < 1.29 is 14.3 Å². The Labute approximate surface area is 84.2 Å². The molecule has 1 rings (SSSR count). The van der Waals surface area contributed by atoms with Gasteiger partial charge < -0.3 is 5.11 Å². The van der Waals surface area contributed by atoms with Gasteiger partial charge in [-0.05, 0) is 12.1 Å². The lowest BCUT2D eigenvalue weighted by atomic mass is 10.2. The molecule has 0 saturated carbocycles. The summed E-state index contributed by atoms with van der Waals surface area (Å²) in [5.41, 5.74) is -0.0984. The molecule has 3 nitrogen and oxygen atoms in total. The van der Waals surface area contributed by atoms with Gasteiger partial charge in [0.1, 0.15) is 17.4 Å². The number of aliphatic carboxylic acids is 1. The summed E-state index contributed by atoms with van der Waals surface area (Å²) in [5.74, 6) is -1.80. The van der Waals surface area contributed by atoms with Crippen LogP contribution in [0, 0.1) is 17.1 Å². The first-order chi connectivity index (χ1) is 6.65. The lowest BCUT2D eigenvalue weighted by Gasteiger charge is -2.01. The molecular formula is C9H6FNO2S. The standard InChI is InChI=1S/C9H6FNO2S/c10-7-2-1-3-8(6(7)4-11)14-5-9(12)13/h1-3H,5H2,(H,12,13). The van der Waals surface area contributed by atoms with E-state index < -0.39 is 11.8 Å². The van der Waals surface area contributed by atoms with E-state index in [0.717, 1.165) is 11.8 Å². The predicted octanol–water partition coefficient (Wildman–Crippen LogP) is 1.87. The number of benzene rings is 1. The first-order valence-electron chi connectivity index (χ1n) is 3.68. The molecule has 0 heterocycles. The first-order valence-corrected chi connectivity index (χ1v) is 4.67. The Balaban J connectivity index is 2.92. The minimum absolute atomic E-state index is 0.0984. The molecule has 0 aliphatic carbocycles. The number of halogens is 1. The minimum atomic E-state index is -0.997. The van der Waals surface area contributed by atoms with Gasteiger partial charge in [0.15, 0.2) is 0 Å². The molecule has 0 aliphatic heterocycles. The molecule has 0 amide bonds. The van der Waals surface area contributed by atoms with Crippen LogP contribution in [0.15, 0.2) is 23.1 Å². The summed E-state index contributed by atoms with van der Waals surface area (Å²) >= 11 is 0.932. The van der Waals surface area contributed by atoms with E-state index in [1.165, 1.54) is 18.2 Å². The van der Waals surface area contributed by atoms with Gasteiger partial charge in [-0.15, -0.1) is 11.8 Å². The van der Waals surface area contributed by atoms with E-state index >= 15 is 0 Å². The number of carboxylic acids is 1. The molecular weight excluding hydrogens is 205 g/mol. The Bertz CT molecular complexity index is 400. The number of carbonyl (C=O) groups is 1. The largest absolute Gasteiger partial charge is 0.481 e. The summed E-state index contributed by atoms with van der Waals surface area (Å²) in [4.78, 5) is 10.6.